The van der Waals surface area contributed by atoms with Crippen LogP contribution in [-0.4, -0.2) is 38.4 Å². The highest BCUT2D eigenvalue weighted by Gasteiger charge is 2.04. The second kappa shape index (κ2) is 19.2. The first-order valence-electron chi connectivity index (χ1n) is 17.5. The lowest BCUT2D eigenvalue weighted by Gasteiger charge is -2.08. The molecule has 0 atom stereocenters. The Kier molecular flexibility index (Phi) is 13.7. The van der Waals surface area contributed by atoms with Gasteiger partial charge in [0, 0.05) is 34.4 Å². The molecule has 0 fully saturated rings. The summed E-state index contributed by atoms with van der Waals surface area (Å²) >= 11 is 0. The van der Waals surface area contributed by atoms with Gasteiger partial charge in [0.1, 0.15) is 11.5 Å². The fraction of sp³-hybridized carbons (Fsp3) is 0.217. The molecule has 0 aliphatic carbocycles. The van der Waals surface area contributed by atoms with E-state index in [1.165, 1.54) is 12.2 Å². The number of aryl methyl sites for hydroxylation is 1. The van der Waals surface area contributed by atoms with Crippen molar-refractivity contribution < 1.29 is 28.5 Å². The Labute approximate surface area is 306 Å². The third-order valence-electron chi connectivity index (χ3n) is 8.24. The molecule has 0 saturated heterocycles. The monoisotopic (exact) mass is 690 g/mol. The van der Waals surface area contributed by atoms with E-state index in [-0.39, 0.29) is 0 Å². The van der Waals surface area contributed by atoms with Crippen molar-refractivity contribution in [1.29, 1.82) is 0 Å². The molecule has 0 heterocycles. The van der Waals surface area contributed by atoms with Crippen LogP contribution >= 0.6 is 0 Å². The molecule has 262 valence electrons. The lowest BCUT2D eigenvalue weighted by atomic mass is 10.0. The van der Waals surface area contributed by atoms with E-state index in [9.17, 15) is 9.59 Å². The molecule has 0 radical (unpaired) electrons. The van der Waals surface area contributed by atoms with Crippen LogP contribution in [0.5, 0.6) is 11.5 Å². The minimum absolute atomic E-state index is 0.363. The van der Waals surface area contributed by atoms with Gasteiger partial charge in [0.15, 0.2) is 0 Å². The molecule has 0 aliphatic rings. The van der Waals surface area contributed by atoms with Crippen LogP contribution in [-0.2, 0) is 25.5 Å². The quantitative estimate of drug-likeness (QED) is 0.0473. The fourth-order valence-corrected chi connectivity index (χ4v) is 5.40. The maximum atomic E-state index is 11.1. The summed E-state index contributed by atoms with van der Waals surface area (Å²) in [5, 5.41) is 4.35. The number of carbonyl (C=O) groups is 2. The largest absolute Gasteiger partial charge is 0.494 e. The highest BCUT2D eigenvalue weighted by molar-refractivity contribution is 5.86. The van der Waals surface area contributed by atoms with Crippen molar-refractivity contribution >= 4 is 33.5 Å². The fourth-order valence-electron chi connectivity index (χ4n) is 5.40. The van der Waals surface area contributed by atoms with Crippen LogP contribution in [0.3, 0.4) is 0 Å². The number of unbranched alkanes of at least 4 members (excludes halogenated alkanes) is 2. The molecule has 0 unspecified atom stereocenters. The number of fused-ring (bicyclic) bond motifs is 2. The Morgan fingerprint density at radius 1 is 0.538 bits per heavy atom. The second-order valence-corrected chi connectivity index (χ2v) is 12.0. The third kappa shape index (κ3) is 11.1. The summed E-state index contributed by atoms with van der Waals surface area (Å²) in [6.07, 6.45) is 6.23. The topological polar surface area (TPSA) is 71.1 Å². The number of carbonyl (C=O) groups excluding carboxylic acids is 2. The highest BCUT2D eigenvalue weighted by Crippen LogP contribution is 2.24. The first kappa shape index (κ1) is 37.0. The van der Waals surface area contributed by atoms with Crippen LogP contribution in [0.2, 0.25) is 0 Å². The van der Waals surface area contributed by atoms with Crippen molar-refractivity contribution in [2.75, 3.05) is 26.4 Å². The number of esters is 2. The van der Waals surface area contributed by atoms with E-state index in [1.807, 2.05) is 54.6 Å². The molecule has 6 nitrogen and oxygen atoms in total. The normalized spacial score (nSPS) is 10.3. The molecule has 5 aromatic carbocycles. The van der Waals surface area contributed by atoms with E-state index < -0.39 is 11.9 Å². The van der Waals surface area contributed by atoms with E-state index in [0.717, 1.165) is 93.0 Å². The molecule has 0 aromatic heterocycles. The van der Waals surface area contributed by atoms with E-state index >= 15 is 0 Å². The molecule has 0 N–H and O–H groups in total. The average molecular weight is 691 g/mol. The van der Waals surface area contributed by atoms with Crippen LogP contribution in [0.15, 0.2) is 116 Å². The molecule has 0 bridgehead atoms. The van der Waals surface area contributed by atoms with Crippen LogP contribution in [0.25, 0.3) is 21.5 Å². The molecular formula is C46H42O6. The predicted octanol–water partition coefficient (Wildman–Crippen LogP) is 9.13. The lowest BCUT2D eigenvalue weighted by Crippen LogP contribution is -2.04. The minimum atomic E-state index is -0.401. The maximum Gasteiger partial charge on any atom is 0.330 e. The third-order valence-corrected chi connectivity index (χ3v) is 8.24. The summed E-state index contributed by atoms with van der Waals surface area (Å²) in [5.41, 5.74) is 4.99. The summed E-state index contributed by atoms with van der Waals surface area (Å²) < 4.78 is 21.8. The number of benzene rings is 5. The summed E-state index contributed by atoms with van der Waals surface area (Å²) in [7, 11) is 0. The molecule has 5 rings (SSSR count). The average Bonchev–Trinajstić information content (AvgIpc) is 3.18. The lowest BCUT2D eigenvalue weighted by molar-refractivity contribution is -0.138. The second-order valence-electron chi connectivity index (χ2n) is 12.0. The summed E-state index contributed by atoms with van der Waals surface area (Å²) in [6, 6.07) is 30.7. The van der Waals surface area contributed by atoms with Gasteiger partial charge in [-0.05, 0) is 126 Å². The molecule has 6 heteroatoms. The van der Waals surface area contributed by atoms with Crippen LogP contribution in [0.4, 0.5) is 0 Å². The summed E-state index contributed by atoms with van der Waals surface area (Å²) in [5.74, 6) is 14.2. The Morgan fingerprint density at radius 3 is 1.46 bits per heavy atom. The standard InChI is InChI=1S/C46H42O6/c1-4-37-29-34(11-12-35-15-19-41-32-43(23-21-39(41)30-35)49-25-7-9-27-51-45(47)5-2)13-17-38(37)18-14-36-16-20-42-33-44(24-22-40(42)31-36)50-26-8-10-28-52-46(48)6-3/h5-6,13,15-17,19-24,29-33H,2-4,7-10,25-28H2,1H3. The SMILES string of the molecule is C=CC(=O)OCCCCOc1ccc2cc(C#Cc3ccc(C#Cc4ccc5cc(OCCCCOC(=O)C=C)ccc5c4)c(CC)c3)ccc2c1. The van der Waals surface area contributed by atoms with Crippen molar-refractivity contribution in [3.63, 3.8) is 0 Å². The van der Waals surface area contributed by atoms with Gasteiger partial charge in [0.25, 0.3) is 0 Å². The van der Waals surface area contributed by atoms with E-state index in [2.05, 4.69) is 80.2 Å². The highest BCUT2D eigenvalue weighted by atomic mass is 16.5. The van der Waals surface area contributed by atoms with E-state index in [4.69, 9.17) is 18.9 Å². The molecular weight excluding hydrogens is 648 g/mol. The molecule has 52 heavy (non-hydrogen) atoms. The zero-order chi connectivity index (χ0) is 36.5. The molecule has 0 amide bonds. The van der Waals surface area contributed by atoms with Crippen molar-refractivity contribution in [3.05, 3.63) is 144 Å². The number of hydrogen-bond donors (Lipinski definition) is 0. The van der Waals surface area contributed by atoms with Gasteiger partial charge >= 0.3 is 11.9 Å². The van der Waals surface area contributed by atoms with Crippen LogP contribution in [0, 0.1) is 23.7 Å². The van der Waals surface area contributed by atoms with E-state index in [0.29, 0.717) is 26.4 Å². The summed E-state index contributed by atoms with van der Waals surface area (Å²) in [6.45, 7) is 10.7. The first-order valence-corrected chi connectivity index (χ1v) is 17.5. The Balaban J connectivity index is 1.16. The van der Waals surface area contributed by atoms with Gasteiger partial charge in [-0.15, -0.1) is 0 Å². The molecule has 0 spiro atoms. The smallest absolute Gasteiger partial charge is 0.330 e. The van der Waals surface area contributed by atoms with Crippen molar-refractivity contribution in [3.8, 4) is 35.2 Å². The van der Waals surface area contributed by atoms with Crippen molar-refractivity contribution in [1.82, 2.24) is 0 Å². The minimum Gasteiger partial charge on any atom is -0.494 e. The number of hydrogen-bond acceptors (Lipinski definition) is 6. The van der Waals surface area contributed by atoms with Crippen molar-refractivity contribution in [2.24, 2.45) is 0 Å². The Hall–Kier alpha value is -6.24. The van der Waals surface area contributed by atoms with Crippen LogP contribution in [0.1, 0.15) is 60.4 Å². The van der Waals surface area contributed by atoms with Gasteiger partial charge in [-0.3, -0.25) is 0 Å². The van der Waals surface area contributed by atoms with Gasteiger partial charge in [-0.2, -0.15) is 0 Å². The van der Waals surface area contributed by atoms with Gasteiger partial charge < -0.3 is 18.9 Å². The van der Waals surface area contributed by atoms with Gasteiger partial charge in [0.05, 0.1) is 26.4 Å². The molecule has 0 saturated carbocycles. The first-order chi connectivity index (χ1) is 25.4. The zero-order valence-corrected chi connectivity index (χ0v) is 29.5. The van der Waals surface area contributed by atoms with E-state index in [1.54, 1.807) is 0 Å². The Morgan fingerprint density at radius 2 is 0.962 bits per heavy atom. The van der Waals surface area contributed by atoms with Gasteiger partial charge in [-0.1, -0.05) is 68.0 Å². The van der Waals surface area contributed by atoms with Gasteiger partial charge in [-0.25, -0.2) is 9.59 Å². The maximum absolute atomic E-state index is 11.1. The molecule has 5 aromatic rings. The van der Waals surface area contributed by atoms with Crippen LogP contribution < -0.4 is 9.47 Å². The molecule has 0 aliphatic heterocycles. The number of ether oxygens (including phenoxy) is 4. The van der Waals surface area contributed by atoms with Gasteiger partial charge in [0.2, 0.25) is 0 Å². The zero-order valence-electron chi connectivity index (χ0n) is 29.5. The Bertz CT molecular complexity index is 2190. The summed E-state index contributed by atoms with van der Waals surface area (Å²) in [4.78, 5) is 22.2. The predicted molar refractivity (Wildman–Crippen MR) is 207 cm³/mol. The number of rotatable bonds is 15. The van der Waals surface area contributed by atoms with Crippen molar-refractivity contribution in [2.45, 2.75) is 39.0 Å².